The summed E-state index contributed by atoms with van der Waals surface area (Å²) in [6.45, 7) is 5.55. The second kappa shape index (κ2) is 10.6. The van der Waals surface area contributed by atoms with Crippen LogP contribution >= 0.6 is 0 Å². The molecule has 0 aliphatic rings. The van der Waals surface area contributed by atoms with Gasteiger partial charge in [-0.15, -0.1) is 0 Å². The van der Waals surface area contributed by atoms with Crippen molar-refractivity contribution in [3.05, 3.63) is 23.8 Å². The Hall–Kier alpha value is -2.28. The van der Waals surface area contributed by atoms with Gasteiger partial charge in [0.25, 0.3) is 5.91 Å². The summed E-state index contributed by atoms with van der Waals surface area (Å²) in [5, 5.41) is 5.04. The predicted octanol–water partition coefficient (Wildman–Crippen LogP) is 0.590. The quantitative estimate of drug-likeness (QED) is 0.608. The van der Waals surface area contributed by atoms with Gasteiger partial charge in [0.2, 0.25) is 0 Å². The molecule has 1 aromatic rings. The largest absolute Gasteiger partial charge is 0.493 e. The average molecular weight is 352 g/mol. The van der Waals surface area contributed by atoms with Crippen LogP contribution in [0.25, 0.3) is 0 Å². The highest BCUT2D eigenvalue weighted by molar-refractivity contribution is 5.94. The molecule has 140 valence electrons. The molecule has 0 aliphatic carbocycles. The van der Waals surface area contributed by atoms with Gasteiger partial charge < -0.3 is 19.7 Å². The van der Waals surface area contributed by atoms with E-state index in [1.54, 1.807) is 14.2 Å². The first-order chi connectivity index (χ1) is 11.8. The fourth-order valence-corrected chi connectivity index (χ4v) is 2.37. The molecule has 0 saturated heterocycles. The Labute approximate surface area is 149 Å². The molecule has 1 unspecified atom stereocenters. The number of carbonyl (C=O) groups excluding carboxylic acids is 2. The lowest BCUT2D eigenvalue weighted by Crippen LogP contribution is -3.09. The fourth-order valence-electron chi connectivity index (χ4n) is 2.37. The molecule has 0 spiro atoms. The molecule has 0 aromatic heterocycles. The minimum absolute atomic E-state index is 0.200. The molecular weight excluding hydrogens is 322 g/mol. The Morgan fingerprint density at radius 1 is 1.16 bits per heavy atom. The van der Waals surface area contributed by atoms with E-state index >= 15 is 0 Å². The van der Waals surface area contributed by atoms with Crippen molar-refractivity contribution in [1.82, 2.24) is 10.6 Å². The number of hydrogen-bond donors (Lipinski definition) is 3. The van der Waals surface area contributed by atoms with Crippen LogP contribution in [0.2, 0.25) is 0 Å². The third-order valence-corrected chi connectivity index (χ3v) is 3.68. The molecule has 0 saturated carbocycles. The highest BCUT2D eigenvalue weighted by atomic mass is 16.5. The van der Waals surface area contributed by atoms with Crippen LogP contribution in [0, 0.1) is 5.92 Å². The van der Waals surface area contributed by atoms with E-state index in [0.717, 1.165) is 16.9 Å². The van der Waals surface area contributed by atoms with E-state index in [0.29, 0.717) is 30.5 Å². The molecule has 7 nitrogen and oxygen atoms in total. The maximum Gasteiger partial charge on any atom is 0.321 e. The van der Waals surface area contributed by atoms with Crippen molar-refractivity contribution in [3.8, 4) is 11.5 Å². The molecular formula is C18H30N3O4+. The molecule has 0 fully saturated rings. The van der Waals surface area contributed by atoms with Gasteiger partial charge in [0.15, 0.2) is 18.0 Å². The van der Waals surface area contributed by atoms with Crippen LogP contribution in [0.1, 0.15) is 25.8 Å². The lowest BCUT2D eigenvalue weighted by atomic mass is 10.1. The molecule has 1 aromatic carbocycles. The van der Waals surface area contributed by atoms with E-state index in [4.69, 9.17) is 9.47 Å². The lowest BCUT2D eigenvalue weighted by molar-refractivity contribution is -0.885. The molecule has 3 amide bonds. The number of urea groups is 1. The van der Waals surface area contributed by atoms with E-state index < -0.39 is 6.03 Å². The number of quaternary nitrogens is 1. The lowest BCUT2D eigenvalue weighted by Gasteiger charge is -2.15. The van der Waals surface area contributed by atoms with Gasteiger partial charge in [0, 0.05) is 12.1 Å². The van der Waals surface area contributed by atoms with E-state index in [2.05, 4.69) is 24.5 Å². The van der Waals surface area contributed by atoms with Gasteiger partial charge in [-0.05, 0) is 30.5 Å². The van der Waals surface area contributed by atoms with Gasteiger partial charge in [-0.25, -0.2) is 4.79 Å². The third-order valence-electron chi connectivity index (χ3n) is 3.68. The Morgan fingerprint density at radius 2 is 1.84 bits per heavy atom. The first-order valence-corrected chi connectivity index (χ1v) is 8.45. The van der Waals surface area contributed by atoms with E-state index in [9.17, 15) is 9.59 Å². The molecule has 25 heavy (non-hydrogen) atoms. The van der Waals surface area contributed by atoms with Crippen LogP contribution in [0.15, 0.2) is 18.2 Å². The number of carbonyl (C=O) groups is 2. The predicted molar refractivity (Wildman–Crippen MR) is 96.0 cm³/mol. The molecule has 7 heteroatoms. The summed E-state index contributed by atoms with van der Waals surface area (Å²) in [6.07, 6.45) is 0.881. The van der Waals surface area contributed by atoms with Crippen LogP contribution in [-0.4, -0.2) is 46.3 Å². The number of methoxy groups -OCH3 is 2. The Morgan fingerprint density at radius 3 is 2.44 bits per heavy atom. The van der Waals surface area contributed by atoms with Gasteiger partial charge in [-0.2, -0.15) is 0 Å². The summed E-state index contributed by atoms with van der Waals surface area (Å²) in [6, 6.07) is 5.22. The van der Waals surface area contributed by atoms with Crippen molar-refractivity contribution in [1.29, 1.82) is 0 Å². The summed E-state index contributed by atoms with van der Waals surface area (Å²) in [4.78, 5) is 24.5. The number of nitrogens with one attached hydrogen (secondary N) is 3. The summed E-state index contributed by atoms with van der Waals surface area (Å²) in [5.41, 5.74) is 1.02. The van der Waals surface area contributed by atoms with Crippen molar-refractivity contribution < 1.29 is 24.0 Å². The third kappa shape index (κ3) is 7.89. The minimum atomic E-state index is -0.440. The number of hydrogen-bond acceptors (Lipinski definition) is 4. The van der Waals surface area contributed by atoms with Crippen molar-refractivity contribution in [2.24, 2.45) is 5.92 Å². The zero-order chi connectivity index (χ0) is 18.8. The van der Waals surface area contributed by atoms with Crippen molar-refractivity contribution in [2.75, 3.05) is 34.4 Å². The van der Waals surface area contributed by atoms with Gasteiger partial charge in [0.05, 0.1) is 21.3 Å². The van der Waals surface area contributed by atoms with Crippen LogP contribution in [0.3, 0.4) is 0 Å². The monoisotopic (exact) mass is 352 g/mol. The highest BCUT2D eigenvalue weighted by Gasteiger charge is 2.14. The maximum atomic E-state index is 11.9. The second-order valence-corrected chi connectivity index (χ2v) is 6.49. The van der Waals surface area contributed by atoms with Gasteiger partial charge in [-0.1, -0.05) is 13.8 Å². The first kappa shape index (κ1) is 20.8. The minimum Gasteiger partial charge on any atom is -0.493 e. The smallest absolute Gasteiger partial charge is 0.321 e. The standard InChI is InChI=1S/C18H29N3O4/c1-13(2)8-9-19-18(23)20-17(22)12-21(3)11-14-6-7-15(24-4)16(10-14)25-5/h6-7,10,13H,8-9,11-12H2,1-5H3,(H2,19,20,22,23)/p+1. The number of benzene rings is 1. The van der Waals surface area contributed by atoms with Crippen LogP contribution in [0.5, 0.6) is 11.5 Å². The van der Waals surface area contributed by atoms with E-state index in [1.165, 1.54) is 0 Å². The van der Waals surface area contributed by atoms with Crippen molar-refractivity contribution in [3.63, 3.8) is 0 Å². The molecule has 0 bridgehead atoms. The highest BCUT2D eigenvalue weighted by Crippen LogP contribution is 2.27. The number of rotatable bonds is 9. The van der Waals surface area contributed by atoms with Gasteiger partial charge in [0.1, 0.15) is 6.54 Å². The van der Waals surface area contributed by atoms with Gasteiger partial charge >= 0.3 is 6.03 Å². The summed E-state index contributed by atoms with van der Waals surface area (Å²) in [7, 11) is 5.07. The first-order valence-electron chi connectivity index (χ1n) is 8.45. The van der Waals surface area contributed by atoms with Crippen molar-refractivity contribution in [2.45, 2.75) is 26.8 Å². The van der Waals surface area contributed by atoms with Crippen LogP contribution in [0.4, 0.5) is 4.79 Å². The topological polar surface area (TPSA) is 81.1 Å². The van der Waals surface area contributed by atoms with Gasteiger partial charge in [-0.3, -0.25) is 10.1 Å². The molecule has 3 N–H and O–H groups in total. The number of amides is 3. The molecule has 0 aliphatic heterocycles. The molecule has 0 heterocycles. The SMILES string of the molecule is COc1ccc(C[NH+](C)CC(=O)NC(=O)NCCC(C)C)cc1OC. The molecule has 1 atom stereocenters. The maximum absolute atomic E-state index is 11.9. The van der Waals surface area contributed by atoms with Crippen molar-refractivity contribution >= 4 is 11.9 Å². The molecule has 1 rings (SSSR count). The number of likely N-dealkylation sites (N-methyl/N-ethyl adjacent to an activating group) is 1. The normalized spacial score (nSPS) is 11.8. The summed E-state index contributed by atoms with van der Waals surface area (Å²) >= 11 is 0. The van der Waals surface area contributed by atoms with Crippen LogP contribution in [-0.2, 0) is 11.3 Å². The van der Waals surface area contributed by atoms with E-state index in [-0.39, 0.29) is 12.5 Å². The van der Waals surface area contributed by atoms with E-state index in [1.807, 2.05) is 25.2 Å². The summed E-state index contributed by atoms with van der Waals surface area (Å²) in [5.74, 6) is 1.52. The Bertz CT molecular complexity index is 575. The Kier molecular flexibility index (Phi) is 8.77. The fraction of sp³-hybridized carbons (Fsp3) is 0.556. The molecule has 0 radical (unpaired) electrons. The number of ether oxygens (including phenoxy) is 2. The second-order valence-electron chi connectivity index (χ2n) is 6.49. The zero-order valence-electron chi connectivity index (χ0n) is 15.8. The Balaban J connectivity index is 2.44. The van der Waals surface area contributed by atoms with Crippen LogP contribution < -0.4 is 25.0 Å². The average Bonchev–Trinajstić information content (AvgIpc) is 2.53. The number of imide groups is 1. The zero-order valence-corrected chi connectivity index (χ0v) is 15.8. The summed E-state index contributed by atoms with van der Waals surface area (Å²) < 4.78 is 10.5.